The summed E-state index contributed by atoms with van der Waals surface area (Å²) >= 11 is 0. The summed E-state index contributed by atoms with van der Waals surface area (Å²) in [6, 6.07) is 12.5. The highest BCUT2D eigenvalue weighted by molar-refractivity contribution is 6.03. The van der Waals surface area contributed by atoms with Crippen molar-refractivity contribution in [1.82, 2.24) is 0 Å². The van der Waals surface area contributed by atoms with Crippen molar-refractivity contribution in [1.29, 1.82) is 0 Å². The molecule has 3 rings (SSSR count). The van der Waals surface area contributed by atoms with Crippen molar-refractivity contribution >= 4 is 17.6 Å². The lowest BCUT2D eigenvalue weighted by Gasteiger charge is -2.39. The number of rotatable bonds is 3. The molecular formula is C19H19NO4. The number of hydrogen-bond acceptors (Lipinski definition) is 3. The van der Waals surface area contributed by atoms with E-state index in [0.717, 1.165) is 11.1 Å². The van der Waals surface area contributed by atoms with Crippen LogP contribution in [0.4, 0.5) is 5.69 Å². The van der Waals surface area contributed by atoms with Crippen LogP contribution < -0.4 is 9.64 Å². The molecule has 0 unspecified atom stereocenters. The minimum absolute atomic E-state index is 0.124. The average molecular weight is 325 g/mol. The van der Waals surface area contributed by atoms with E-state index in [4.69, 9.17) is 4.74 Å². The van der Waals surface area contributed by atoms with Gasteiger partial charge in [-0.1, -0.05) is 29.8 Å². The van der Waals surface area contributed by atoms with Crippen LogP contribution in [0.5, 0.6) is 5.75 Å². The fourth-order valence-corrected chi connectivity index (χ4v) is 2.73. The predicted molar refractivity (Wildman–Crippen MR) is 90.5 cm³/mol. The zero-order valence-corrected chi connectivity index (χ0v) is 13.9. The van der Waals surface area contributed by atoms with Crippen molar-refractivity contribution in [2.24, 2.45) is 0 Å². The number of hydrogen-bond donors (Lipinski definition) is 1. The Hall–Kier alpha value is -2.82. The summed E-state index contributed by atoms with van der Waals surface area (Å²) in [7, 11) is 0. The molecule has 2 aromatic rings. The third-order valence-corrected chi connectivity index (χ3v) is 4.08. The number of carboxylic acids is 1. The molecule has 0 fully saturated rings. The van der Waals surface area contributed by atoms with Crippen LogP contribution >= 0.6 is 0 Å². The molecule has 1 aliphatic rings. The number of aromatic carboxylic acids is 1. The zero-order chi connectivity index (χ0) is 17.5. The molecule has 5 heteroatoms. The molecule has 0 atom stereocenters. The number of ether oxygens (including phenoxy) is 1. The van der Waals surface area contributed by atoms with E-state index in [2.05, 4.69) is 0 Å². The molecule has 0 aliphatic carbocycles. The Morgan fingerprint density at radius 1 is 1.17 bits per heavy atom. The summed E-state index contributed by atoms with van der Waals surface area (Å²) in [6.07, 6.45) is 0. The molecule has 1 aliphatic heterocycles. The number of carbonyl (C=O) groups excluding carboxylic acids is 1. The first kappa shape index (κ1) is 16.1. The first-order valence-corrected chi connectivity index (χ1v) is 7.72. The maximum absolute atomic E-state index is 12.8. The van der Waals surface area contributed by atoms with Crippen molar-refractivity contribution in [3.05, 3.63) is 59.2 Å². The van der Waals surface area contributed by atoms with E-state index in [9.17, 15) is 14.7 Å². The van der Waals surface area contributed by atoms with Gasteiger partial charge in [0.1, 0.15) is 5.75 Å². The van der Waals surface area contributed by atoms with Crippen LogP contribution in [-0.4, -0.2) is 22.6 Å². The topological polar surface area (TPSA) is 66.8 Å². The van der Waals surface area contributed by atoms with Crippen molar-refractivity contribution in [2.45, 2.75) is 32.9 Å². The normalized spacial score (nSPS) is 15.6. The quantitative estimate of drug-likeness (QED) is 0.939. The van der Waals surface area contributed by atoms with E-state index in [0.29, 0.717) is 18.0 Å². The summed E-state index contributed by atoms with van der Waals surface area (Å²) in [5.74, 6) is -0.722. The maximum atomic E-state index is 12.8. The number of fused-ring (bicyclic) bond motifs is 1. The van der Waals surface area contributed by atoms with Crippen LogP contribution in [0.25, 0.3) is 0 Å². The number of amides is 1. The Morgan fingerprint density at radius 2 is 1.83 bits per heavy atom. The minimum atomic E-state index is -1.04. The number of nitrogens with zero attached hydrogens (tertiary/aromatic N) is 1. The van der Waals surface area contributed by atoms with Gasteiger partial charge in [0.15, 0.2) is 5.60 Å². The van der Waals surface area contributed by atoms with E-state index in [-0.39, 0.29) is 11.5 Å². The lowest BCUT2D eigenvalue weighted by Crippen LogP contribution is -2.52. The second-order valence-corrected chi connectivity index (χ2v) is 6.48. The minimum Gasteiger partial charge on any atom is -0.478 e. The van der Waals surface area contributed by atoms with Gasteiger partial charge in [0.05, 0.1) is 17.8 Å². The molecule has 5 nitrogen and oxygen atoms in total. The van der Waals surface area contributed by atoms with Gasteiger partial charge >= 0.3 is 5.97 Å². The van der Waals surface area contributed by atoms with E-state index in [1.54, 1.807) is 24.8 Å². The Bertz CT molecular complexity index is 809. The van der Waals surface area contributed by atoms with Gasteiger partial charge in [0, 0.05) is 0 Å². The Morgan fingerprint density at radius 3 is 2.46 bits per heavy atom. The first-order chi connectivity index (χ1) is 11.3. The van der Waals surface area contributed by atoms with Crippen LogP contribution in [0.3, 0.4) is 0 Å². The van der Waals surface area contributed by atoms with Crippen molar-refractivity contribution in [2.75, 3.05) is 4.90 Å². The first-order valence-electron chi connectivity index (χ1n) is 7.72. The fraction of sp³-hybridized carbons (Fsp3) is 0.263. The molecule has 0 spiro atoms. The molecule has 1 N–H and O–H groups in total. The van der Waals surface area contributed by atoms with Crippen LogP contribution in [0.1, 0.15) is 35.3 Å². The van der Waals surface area contributed by atoms with Crippen molar-refractivity contribution in [3.8, 4) is 5.75 Å². The van der Waals surface area contributed by atoms with Gasteiger partial charge < -0.3 is 14.7 Å². The van der Waals surface area contributed by atoms with Gasteiger partial charge in [-0.15, -0.1) is 0 Å². The molecule has 1 heterocycles. The summed E-state index contributed by atoms with van der Waals surface area (Å²) in [4.78, 5) is 25.7. The predicted octanol–water partition coefficient (Wildman–Crippen LogP) is 3.40. The molecule has 0 bridgehead atoms. The van der Waals surface area contributed by atoms with Gasteiger partial charge in [-0.3, -0.25) is 4.79 Å². The Balaban J connectivity index is 2.05. The highest BCUT2D eigenvalue weighted by Crippen LogP contribution is 2.39. The summed E-state index contributed by atoms with van der Waals surface area (Å²) in [5.41, 5.74) is 1.72. The smallest absolute Gasteiger partial charge is 0.335 e. The van der Waals surface area contributed by atoms with Crippen molar-refractivity contribution < 1.29 is 19.4 Å². The van der Waals surface area contributed by atoms with Crippen LogP contribution in [-0.2, 0) is 11.3 Å². The van der Waals surface area contributed by atoms with E-state index in [1.165, 1.54) is 12.1 Å². The highest BCUT2D eigenvalue weighted by Gasteiger charge is 2.41. The van der Waals surface area contributed by atoms with Gasteiger partial charge in [0.2, 0.25) is 0 Å². The van der Waals surface area contributed by atoms with Gasteiger partial charge in [0.25, 0.3) is 5.91 Å². The lowest BCUT2D eigenvalue weighted by atomic mass is 10.0. The third kappa shape index (κ3) is 2.85. The number of aryl methyl sites for hydroxylation is 1. The molecule has 0 aromatic heterocycles. The van der Waals surface area contributed by atoms with Crippen LogP contribution in [0.15, 0.2) is 42.5 Å². The summed E-state index contributed by atoms with van der Waals surface area (Å²) < 4.78 is 5.77. The molecule has 124 valence electrons. The van der Waals surface area contributed by atoms with Crippen LogP contribution in [0.2, 0.25) is 0 Å². The Kier molecular flexibility index (Phi) is 3.79. The molecule has 0 radical (unpaired) electrons. The third-order valence-electron chi connectivity index (χ3n) is 4.08. The molecular weight excluding hydrogens is 306 g/mol. The number of carboxylic acid groups (broad SMARTS) is 1. The summed E-state index contributed by atoms with van der Waals surface area (Å²) in [6.45, 7) is 5.79. The highest BCUT2D eigenvalue weighted by atomic mass is 16.5. The number of benzene rings is 2. The average Bonchev–Trinajstić information content (AvgIpc) is 2.53. The fourth-order valence-electron chi connectivity index (χ4n) is 2.73. The lowest BCUT2D eigenvalue weighted by molar-refractivity contribution is -0.132. The van der Waals surface area contributed by atoms with E-state index in [1.807, 2.05) is 31.2 Å². The zero-order valence-electron chi connectivity index (χ0n) is 13.9. The molecule has 0 saturated carbocycles. The maximum Gasteiger partial charge on any atom is 0.335 e. The summed E-state index contributed by atoms with van der Waals surface area (Å²) in [5, 5.41) is 9.22. The monoisotopic (exact) mass is 325 g/mol. The number of anilines is 1. The molecule has 2 aromatic carbocycles. The van der Waals surface area contributed by atoms with Crippen LogP contribution in [0, 0.1) is 6.92 Å². The van der Waals surface area contributed by atoms with E-state index < -0.39 is 11.6 Å². The number of carbonyl (C=O) groups is 2. The van der Waals surface area contributed by atoms with Gasteiger partial charge in [-0.2, -0.15) is 0 Å². The molecule has 0 saturated heterocycles. The van der Waals surface area contributed by atoms with E-state index >= 15 is 0 Å². The second kappa shape index (κ2) is 5.67. The van der Waals surface area contributed by atoms with Gasteiger partial charge in [-0.25, -0.2) is 4.79 Å². The second-order valence-electron chi connectivity index (χ2n) is 6.48. The molecule has 24 heavy (non-hydrogen) atoms. The standard InChI is InChI=1S/C19H19NO4/c1-12-4-6-13(7-5-12)11-20-15-10-14(17(21)22)8-9-16(15)24-19(2,3)18(20)23/h4-10H,11H2,1-3H3,(H,21,22). The van der Waals surface area contributed by atoms with Crippen molar-refractivity contribution in [3.63, 3.8) is 0 Å². The molecule has 1 amide bonds. The van der Waals surface area contributed by atoms with Gasteiger partial charge in [-0.05, 0) is 44.5 Å². The largest absolute Gasteiger partial charge is 0.478 e. The Labute approximate surface area is 140 Å². The SMILES string of the molecule is Cc1ccc(CN2C(=O)C(C)(C)Oc3ccc(C(=O)O)cc32)cc1.